The molecule has 230 valence electrons. The first-order chi connectivity index (χ1) is 20.1. The molecule has 0 spiro atoms. The van der Waals surface area contributed by atoms with Gasteiger partial charge in [0.15, 0.2) is 5.82 Å². The number of aryl methyl sites for hydroxylation is 1. The lowest BCUT2D eigenvalue weighted by molar-refractivity contribution is -0.138. The molecule has 1 saturated carbocycles. The number of alkyl halides is 3. The number of rotatable bonds is 7. The molecule has 9 nitrogen and oxygen atoms in total. The molecule has 12 heteroatoms. The Kier molecular flexibility index (Phi) is 7.78. The molecule has 3 aromatic rings. The Morgan fingerprint density at radius 3 is 2.44 bits per heavy atom. The van der Waals surface area contributed by atoms with Gasteiger partial charge in [-0.2, -0.15) is 13.2 Å². The zero-order valence-corrected chi connectivity index (χ0v) is 25.2. The zero-order chi connectivity index (χ0) is 31.3. The van der Waals surface area contributed by atoms with Crippen LogP contribution in [0.25, 0.3) is 0 Å². The lowest BCUT2D eigenvalue weighted by Gasteiger charge is -2.47. The van der Waals surface area contributed by atoms with Crippen molar-refractivity contribution in [3.05, 3.63) is 76.4 Å². The smallest absolute Gasteiger partial charge is 0.416 e. The van der Waals surface area contributed by atoms with E-state index in [0.29, 0.717) is 29.9 Å². The van der Waals surface area contributed by atoms with Crippen molar-refractivity contribution in [2.75, 3.05) is 12.0 Å². The maximum absolute atomic E-state index is 14.5. The summed E-state index contributed by atoms with van der Waals surface area (Å²) in [5, 5.41) is 8.01. The molecular weight excluding hydrogens is 563 g/mol. The van der Waals surface area contributed by atoms with E-state index in [2.05, 4.69) is 10.2 Å². The maximum Gasteiger partial charge on any atom is 0.416 e. The molecule has 2 aliphatic rings. The number of amides is 2. The Morgan fingerprint density at radius 1 is 1.16 bits per heavy atom. The third-order valence-corrected chi connectivity index (χ3v) is 8.15. The molecule has 0 radical (unpaired) electrons. The largest absolute Gasteiger partial charge is 0.444 e. The molecule has 1 aromatic heterocycles. The molecule has 1 atom stereocenters. The molecule has 0 saturated heterocycles. The first-order valence-corrected chi connectivity index (χ1v) is 14.1. The number of carbonyl (C=O) groups excluding carboxylic acids is 2. The highest BCUT2D eigenvalue weighted by molar-refractivity contribution is 6.10. The number of ether oxygens (including phenoxy) is 2. The van der Waals surface area contributed by atoms with Crippen LogP contribution in [0, 0.1) is 0 Å². The van der Waals surface area contributed by atoms with Crippen LogP contribution in [-0.2, 0) is 35.8 Å². The fourth-order valence-electron chi connectivity index (χ4n) is 5.73. The quantitative estimate of drug-likeness (QED) is 0.312. The second-order valence-corrected chi connectivity index (χ2v) is 12.5. The van der Waals surface area contributed by atoms with Crippen molar-refractivity contribution in [3.63, 3.8) is 0 Å². The van der Waals surface area contributed by atoms with Crippen LogP contribution in [0.3, 0.4) is 0 Å². The molecule has 2 amide bonds. The van der Waals surface area contributed by atoms with Crippen LogP contribution < -0.4 is 4.90 Å². The second-order valence-electron chi connectivity index (χ2n) is 12.5. The van der Waals surface area contributed by atoms with Gasteiger partial charge in [-0.05, 0) is 87.9 Å². The standard InChI is InChI=1S/C31H36F3N5O4/c1-29(2,3)43-28(41)39(30(4)11-8-12-30)16-19-13-22-23(24(14-19)31(32,33)34)17-38(27(22)40)21-10-7-9-20(15-21)25(42-6)26-36-35-18-37(26)5/h7,9-10,13-15,18,25H,8,11-12,16-17H2,1-6H3. The molecule has 1 fully saturated rings. The van der Waals surface area contributed by atoms with E-state index < -0.39 is 41.0 Å². The minimum Gasteiger partial charge on any atom is -0.444 e. The van der Waals surface area contributed by atoms with Gasteiger partial charge in [0, 0.05) is 37.5 Å². The van der Waals surface area contributed by atoms with Crippen molar-refractivity contribution >= 4 is 17.7 Å². The van der Waals surface area contributed by atoms with Gasteiger partial charge in [0.25, 0.3) is 5.91 Å². The number of fused-ring (bicyclic) bond motifs is 1. The van der Waals surface area contributed by atoms with Gasteiger partial charge < -0.3 is 18.9 Å². The highest BCUT2D eigenvalue weighted by atomic mass is 19.4. The van der Waals surface area contributed by atoms with Gasteiger partial charge in [-0.25, -0.2) is 4.79 Å². The molecule has 1 aliphatic carbocycles. The van der Waals surface area contributed by atoms with Crippen LogP contribution in [0.1, 0.15) is 91.5 Å². The van der Waals surface area contributed by atoms with Crippen molar-refractivity contribution in [1.82, 2.24) is 19.7 Å². The Hall–Kier alpha value is -3.93. The highest BCUT2D eigenvalue weighted by Gasteiger charge is 2.44. The minimum absolute atomic E-state index is 0.0327. The monoisotopic (exact) mass is 599 g/mol. The Labute approximate surface area is 248 Å². The summed E-state index contributed by atoms with van der Waals surface area (Å²) in [7, 11) is 3.29. The van der Waals surface area contributed by atoms with E-state index in [0.717, 1.165) is 12.5 Å². The SMILES string of the molecule is COC(c1cccc(N2Cc3c(cc(CN(C(=O)OC(C)(C)C)C4(C)CCC4)cc3C(F)(F)F)C2=O)c1)c1nncn1C. The Morgan fingerprint density at radius 2 is 1.88 bits per heavy atom. The van der Waals surface area contributed by atoms with E-state index in [9.17, 15) is 22.8 Å². The fraction of sp³-hybridized carbons (Fsp3) is 0.484. The zero-order valence-electron chi connectivity index (χ0n) is 25.2. The van der Waals surface area contributed by atoms with Crippen molar-refractivity contribution in [2.45, 2.75) is 83.5 Å². The van der Waals surface area contributed by atoms with Gasteiger partial charge in [-0.15, -0.1) is 10.2 Å². The van der Waals surface area contributed by atoms with Crippen LogP contribution >= 0.6 is 0 Å². The number of anilines is 1. The van der Waals surface area contributed by atoms with Crippen LogP contribution in [0.2, 0.25) is 0 Å². The molecule has 43 heavy (non-hydrogen) atoms. The molecule has 0 N–H and O–H groups in total. The fourth-order valence-corrected chi connectivity index (χ4v) is 5.73. The van der Waals surface area contributed by atoms with Gasteiger partial charge in [-0.1, -0.05) is 12.1 Å². The first-order valence-electron chi connectivity index (χ1n) is 14.1. The molecule has 1 aliphatic heterocycles. The second kappa shape index (κ2) is 11.0. The molecule has 2 aromatic carbocycles. The van der Waals surface area contributed by atoms with Crippen LogP contribution in [0.4, 0.5) is 23.7 Å². The van der Waals surface area contributed by atoms with Crippen LogP contribution in [0.5, 0.6) is 0 Å². The number of nitrogens with zero attached hydrogens (tertiary/aromatic N) is 5. The Balaban J connectivity index is 1.50. The van der Waals surface area contributed by atoms with E-state index in [1.54, 1.807) is 56.7 Å². The summed E-state index contributed by atoms with van der Waals surface area (Å²) >= 11 is 0. The van der Waals surface area contributed by atoms with E-state index in [1.165, 1.54) is 29.3 Å². The van der Waals surface area contributed by atoms with Crippen molar-refractivity contribution in [2.24, 2.45) is 7.05 Å². The van der Waals surface area contributed by atoms with E-state index in [-0.39, 0.29) is 29.8 Å². The predicted octanol–water partition coefficient (Wildman–Crippen LogP) is 6.41. The van der Waals surface area contributed by atoms with E-state index >= 15 is 0 Å². The average molecular weight is 600 g/mol. The highest BCUT2D eigenvalue weighted by Crippen LogP contribution is 2.42. The number of aromatic nitrogens is 3. The third-order valence-electron chi connectivity index (χ3n) is 8.15. The predicted molar refractivity (Wildman–Crippen MR) is 152 cm³/mol. The van der Waals surface area contributed by atoms with Crippen molar-refractivity contribution in [1.29, 1.82) is 0 Å². The number of hydrogen-bond donors (Lipinski definition) is 0. The minimum atomic E-state index is -4.71. The first kappa shape index (κ1) is 30.5. The molecule has 5 rings (SSSR count). The average Bonchev–Trinajstić information content (AvgIpc) is 3.47. The van der Waals surface area contributed by atoms with Gasteiger partial charge in [0.1, 0.15) is 18.0 Å². The normalized spacial score (nSPS) is 17.0. The topological polar surface area (TPSA) is 89.8 Å². The Bertz CT molecular complexity index is 1540. The number of methoxy groups -OCH3 is 1. The molecule has 1 unspecified atom stereocenters. The maximum atomic E-state index is 14.5. The van der Waals surface area contributed by atoms with Crippen molar-refractivity contribution < 1.29 is 32.2 Å². The lowest BCUT2D eigenvalue weighted by atomic mass is 9.77. The van der Waals surface area contributed by atoms with E-state index in [1.807, 2.05) is 6.92 Å². The summed E-state index contributed by atoms with van der Waals surface area (Å²) in [4.78, 5) is 29.8. The number of carbonyl (C=O) groups is 2. The lowest BCUT2D eigenvalue weighted by Crippen LogP contribution is -2.54. The summed E-state index contributed by atoms with van der Waals surface area (Å²) < 4.78 is 56.3. The summed E-state index contributed by atoms with van der Waals surface area (Å²) in [6.07, 6.45) is -2.03. The number of benzene rings is 2. The van der Waals surface area contributed by atoms with Gasteiger partial charge in [0.2, 0.25) is 0 Å². The molecule has 0 bridgehead atoms. The number of halogens is 3. The van der Waals surface area contributed by atoms with Gasteiger partial charge >= 0.3 is 12.3 Å². The summed E-state index contributed by atoms with van der Waals surface area (Å²) in [6, 6.07) is 9.44. The van der Waals surface area contributed by atoms with Gasteiger partial charge in [0.05, 0.1) is 12.1 Å². The summed E-state index contributed by atoms with van der Waals surface area (Å²) in [6.45, 7) is 6.78. The van der Waals surface area contributed by atoms with Crippen LogP contribution in [-0.4, -0.2) is 49.9 Å². The van der Waals surface area contributed by atoms with Gasteiger partial charge in [-0.3, -0.25) is 9.69 Å². The van der Waals surface area contributed by atoms with Crippen LogP contribution in [0.15, 0.2) is 42.7 Å². The molecular formula is C31H36F3N5O4. The summed E-state index contributed by atoms with van der Waals surface area (Å²) in [5.41, 5.74) is -1.02. The number of hydrogen-bond acceptors (Lipinski definition) is 6. The third kappa shape index (κ3) is 5.97. The van der Waals surface area contributed by atoms with E-state index in [4.69, 9.17) is 9.47 Å². The molecule has 2 heterocycles. The summed E-state index contributed by atoms with van der Waals surface area (Å²) in [5.74, 6) is -0.0137. The van der Waals surface area contributed by atoms with Crippen molar-refractivity contribution in [3.8, 4) is 0 Å².